The van der Waals surface area contributed by atoms with Gasteiger partial charge in [0.2, 0.25) is 0 Å². The van der Waals surface area contributed by atoms with Crippen molar-refractivity contribution in [3.05, 3.63) is 96.6 Å². The van der Waals surface area contributed by atoms with Crippen LogP contribution in [-0.4, -0.2) is 18.1 Å². The number of fused-ring (bicyclic) bond motifs is 2. The van der Waals surface area contributed by atoms with Gasteiger partial charge in [-0.3, -0.25) is 0 Å². The number of nitrogens with two attached hydrogens (primary N) is 1. The maximum absolute atomic E-state index is 6.18. The number of nitrogens with one attached hydrogen (secondary N) is 3. The van der Waals surface area contributed by atoms with Gasteiger partial charge in [0, 0.05) is 23.4 Å². The molecule has 1 aromatic carbocycles. The zero-order valence-electron chi connectivity index (χ0n) is 28.2. The third-order valence-electron chi connectivity index (χ3n) is 11.5. The van der Waals surface area contributed by atoms with Crippen LogP contribution in [-0.2, 0) is 12.8 Å². The summed E-state index contributed by atoms with van der Waals surface area (Å²) >= 11 is 0. The molecular weight excluding hydrogens is 536 g/mol. The molecule has 0 saturated heterocycles. The van der Waals surface area contributed by atoms with Gasteiger partial charge in [0.25, 0.3) is 0 Å². The Bertz CT molecular complexity index is 1240. The second kappa shape index (κ2) is 13.2. The molecule has 240 valence electrons. The van der Waals surface area contributed by atoms with Crippen molar-refractivity contribution in [3.8, 4) is 0 Å². The summed E-state index contributed by atoms with van der Waals surface area (Å²) in [5.74, 6) is 4.34. The Balaban J connectivity index is 1.35. The molecule has 4 nitrogen and oxygen atoms in total. The molecule has 44 heavy (non-hydrogen) atoms. The summed E-state index contributed by atoms with van der Waals surface area (Å²) in [6.07, 6.45) is 11.9. The van der Waals surface area contributed by atoms with Crippen LogP contribution in [0.3, 0.4) is 0 Å². The molecule has 0 aliphatic heterocycles. The fourth-order valence-electron chi connectivity index (χ4n) is 8.55. The molecule has 4 aliphatic carbocycles. The third kappa shape index (κ3) is 7.16. The SMILES string of the molecule is C=C(NC(C(=C)C1CC2CC2C1C(=C)NC(CC1CCC1)C(=C)C(=C)N)C1Cc2ccccc2C1)NC(CCC)C(C)(C)C. The normalized spacial score (nSPS) is 26.4. The van der Waals surface area contributed by atoms with Gasteiger partial charge in [-0.1, -0.05) is 116 Å². The van der Waals surface area contributed by atoms with Crippen molar-refractivity contribution in [3.63, 3.8) is 0 Å². The van der Waals surface area contributed by atoms with Gasteiger partial charge in [0.15, 0.2) is 0 Å². The highest BCUT2D eigenvalue weighted by Gasteiger charge is 2.56. The van der Waals surface area contributed by atoms with E-state index in [1.165, 1.54) is 48.8 Å². The summed E-state index contributed by atoms with van der Waals surface area (Å²) < 4.78 is 0. The van der Waals surface area contributed by atoms with Crippen LogP contribution in [0.25, 0.3) is 0 Å². The summed E-state index contributed by atoms with van der Waals surface area (Å²) in [6.45, 7) is 31.7. The second-order valence-corrected chi connectivity index (χ2v) is 15.8. The van der Waals surface area contributed by atoms with Crippen LogP contribution in [0.5, 0.6) is 0 Å². The van der Waals surface area contributed by atoms with Crippen molar-refractivity contribution in [2.24, 2.45) is 46.7 Å². The molecule has 1 aromatic rings. The van der Waals surface area contributed by atoms with Crippen molar-refractivity contribution in [1.29, 1.82) is 0 Å². The molecule has 3 saturated carbocycles. The quantitative estimate of drug-likeness (QED) is 0.115. The van der Waals surface area contributed by atoms with Crippen molar-refractivity contribution < 1.29 is 0 Å². The Morgan fingerprint density at radius 2 is 1.61 bits per heavy atom. The highest BCUT2D eigenvalue weighted by atomic mass is 15.1. The van der Waals surface area contributed by atoms with E-state index in [1.807, 2.05) is 0 Å². The third-order valence-corrected chi connectivity index (χ3v) is 11.5. The number of hydrogen-bond donors (Lipinski definition) is 4. The van der Waals surface area contributed by atoms with Gasteiger partial charge >= 0.3 is 0 Å². The van der Waals surface area contributed by atoms with Crippen molar-refractivity contribution in [2.75, 3.05) is 0 Å². The summed E-state index contributed by atoms with van der Waals surface area (Å²) in [4.78, 5) is 0. The van der Waals surface area contributed by atoms with Gasteiger partial charge in [-0.15, -0.1) is 0 Å². The smallest absolute Gasteiger partial charge is 0.0919 e. The van der Waals surface area contributed by atoms with Crippen LogP contribution in [0.4, 0.5) is 0 Å². The Morgan fingerprint density at radius 1 is 0.955 bits per heavy atom. The molecule has 5 rings (SSSR count). The first-order valence-electron chi connectivity index (χ1n) is 17.4. The largest absolute Gasteiger partial charge is 0.399 e. The van der Waals surface area contributed by atoms with E-state index >= 15 is 0 Å². The molecule has 0 spiro atoms. The van der Waals surface area contributed by atoms with Gasteiger partial charge < -0.3 is 21.7 Å². The van der Waals surface area contributed by atoms with Crippen LogP contribution < -0.4 is 21.7 Å². The van der Waals surface area contributed by atoms with Gasteiger partial charge in [-0.2, -0.15) is 0 Å². The summed E-state index contributed by atoms with van der Waals surface area (Å²) in [5.41, 5.74) is 13.3. The van der Waals surface area contributed by atoms with Crippen molar-refractivity contribution in [2.45, 2.75) is 110 Å². The van der Waals surface area contributed by atoms with Crippen molar-refractivity contribution >= 4 is 0 Å². The van der Waals surface area contributed by atoms with E-state index in [9.17, 15) is 0 Å². The van der Waals surface area contributed by atoms with Crippen LogP contribution in [0, 0.1) is 40.9 Å². The minimum Gasteiger partial charge on any atom is -0.399 e. The lowest BCUT2D eigenvalue weighted by Gasteiger charge is -2.39. The van der Waals surface area contributed by atoms with Gasteiger partial charge in [0.05, 0.1) is 17.9 Å². The predicted molar refractivity (Wildman–Crippen MR) is 188 cm³/mol. The lowest BCUT2D eigenvalue weighted by molar-refractivity contribution is 0.257. The van der Waals surface area contributed by atoms with E-state index in [4.69, 9.17) is 18.9 Å². The van der Waals surface area contributed by atoms with Crippen LogP contribution in [0.15, 0.2) is 85.5 Å². The van der Waals surface area contributed by atoms with Crippen molar-refractivity contribution in [1.82, 2.24) is 16.0 Å². The molecule has 0 bridgehead atoms. The zero-order valence-corrected chi connectivity index (χ0v) is 28.2. The molecule has 0 aromatic heterocycles. The standard InChI is InChI=1S/C40H60N4/c1-10-14-37(40(7,8)9)43-28(6)44-39(33-20-30-17-11-12-18-31(30)21-33)25(3)34-22-32-23-35(32)38(34)27(5)42-36(24(2)26(4)41)19-29-15-13-16-29/h11-12,17-18,29,32-39,42-44H,2-6,10,13-16,19-23,41H2,1,7-9H3. The molecule has 7 unspecified atom stereocenters. The lowest BCUT2D eigenvalue weighted by Crippen LogP contribution is -2.48. The molecule has 0 heterocycles. The lowest BCUT2D eigenvalue weighted by atomic mass is 9.76. The summed E-state index contributed by atoms with van der Waals surface area (Å²) in [5, 5.41) is 11.6. The molecule has 3 fully saturated rings. The van der Waals surface area contributed by atoms with Gasteiger partial charge in [-0.05, 0) is 90.2 Å². The summed E-state index contributed by atoms with van der Waals surface area (Å²) in [7, 11) is 0. The van der Waals surface area contributed by atoms with E-state index in [0.717, 1.165) is 61.0 Å². The monoisotopic (exact) mass is 596 g/mol. The van der Waals surface area contributed by atoms with Crippen LogP contribution in [0.2, 0.25) is 0 Å². The zero-order chi connectivity index (χ0) is 31.8. The minimum atomic E-state index is 0.104. The average molecular weight is 597 g/mol. The van der Waals surface area contributed by atoms with Crippen LogP contribution in [0.1, 0.15) is 90.2 Å². The van der Waals surface area contributed by atoms with Crippen LogP contribution >= 0.6 is 0 Å². The van der Waals surface area contributed by atoms with E-state index < -0.39 is 0 Å². The Hall–Kier alpha value is -2.88. The molecular formula is C40H60N4. The number of hydrogen-bond acceptors (Lipinski definition) is 4. The number of benzene rings is 1. The minimum absolute atomic E-state index is 0.104. The fourth-order valence-corrected chi connectivity index (χ4v) is 8.55. The average Bonchev–Trinajstić information content (AvgIpc) is 3.39. The Labute approximate surface area is 268 Å². The predicted octanol–water partition coefficient (Wildman–Crippen LogP) is 8.15. The highest BCUT2D eigenvalue weighted by Crippen LogP contribution is 2.62. The Morgan fingerprint density at radius 3 is 2.16 bits per heavy atom. The first-order chi connectivity index (χ1) is 20.9. The topological polar surface area (TPSA) is 62.1 Å². The molecule has 7 atom stereocenters. The second-order valence-electron chi connectivity index (χ2n) is 15.8. The molecule has 0 radical (unpaired) electrons. The first-order valence-corrected chi connectivity index (χ1v) is 17.4. The van der Waals surface area contributed by atoms with Gasteiger partial charge in [0.1, 0.15) is 0 Å². The molecule has 5 N–H and O–H groups in total. The first kappa shape index (κ1) is 32.5. The molecule has 4 heteroatoms. The molecule has 4 aliphatic rings. The van der Waals surface area contributed by atoms with E-state index in [2.05, 4.69) is 87.6 Å². The maximum atomic E-state index is 6.18. The van der Waals surface area contributed by atoms with Gasteiger partial charge in [-0.25, -0.2) is 0 Å². The number of allylic oxidation sites excluding steroid dienone is 1. The van der Waals surface area contributed by atoms with E-state index in [0.29, 0.717) is 35.4 Å². The highest BCUT2D eigenvalue weighted by molar-refractivity contribution is 5.36. The fraction of sp³-hybridized carbons (Fsp3) is 0.600. The van der Waals surface area contributed by atoms with E-state index in [-0.39, 0.29) is 17.5 Å². The number of rotatable bonds is 16. The Kier molecular flexibility index (Phi) is 9.78. The van der Waals surface area contributed by atoms with E-state index in [1.54, 1.807) is 0 Å². The molecule has 0 amide bonds. The summed E-state index contributed by atoms with van der Waals surface area (Å²) in [6, 6.07) is 9.57. The maximum Gasteiger partial charge on any atom is 0.0919 e.